The van der Waals surface area contributed by atoms with Gasteiger partial charge in [0, 0.05) is 12.6 Å². The van der Waals surface area contributed by atoms with Crippen molar-refractivity contribution in [2.24, 2.45) is 5.41 Å². The Labute approximate surface area is 111 Å². The minimum atomic E-state index is -0.330. The fourth-order valence-corrected chi connectivity index (χ4v) is 2.67. The minimum absolute atomic E-state index is 0.0689. The van der Waals surface area contributed by atoms with Crippen LogP contribution in [0.25, 0.3) is 0 Å². The minimum Gasteiger partial charge on any atom is -0.393 e. The Morgan fingerprint density at radius 1 is 1.33 bits per heavy atom. The second-order valence-electron chi connectivity index (χ2n) is 6.38. The monoisotopic (exact) mass is 256 g/mol. The van der Waals surface area contributed by atoms with E-state index in [0.717, 1.165) is 12.8 Å². The Morgan fingerprint density at radius 2 is 1.94 bits per heavy atom. The van der Waals surface area contributed by atoms with Gasteiger partial charge in [-0.05, 0) is 31.6 Å². The van der Waals surface area contributed by atoms with Crippen molar-refractivity contribution in [2.45, 2.75) is 71.4 Å². The predicted octanol–water partition coefficient (Wildman–Crippen LogP) is 2.42. The van der Waals surface area contributed by atoms with Crippen molar-refractivity contribution in [1.29, 1.82) is 0 Å². The van der Waals surface area contributed by atoms with Crippen molar-refractivity contribution in [2.75, 3.05) is 6.54 Å². The molecule has 4 heteroatoms. The van der Waals surface area contributed by atoms with Gasteiger partial charge in [-0.15, -0.1) is 0 Å². The lowest BCUT2D eigenvalue weighted by atomic mass is 9.87. The number of rotatable bonds is 5. The summed E-state index contributed by atoms with van der Waals surface area (Å²) in [5, 5.41) is 15.3. The van der Waals surface area contributed by atoms with Crippen LogP contribution in [-0.2, 0) is 0 Å². The van der Waals surface area contributed by atoms with E-state index in [-0.39, 0.29) is 17.6 Å². The molecular weight excluding hydrogens is 228 g/mol. The van der Waals surface area contributed by atoms with E-state index in [0.29, 0.717) is 19.0 Å². The first-order valence-electron chi connectivity index (χ1n) is 7.11. The Morgan fingerprint density at radius 3 is 2.50 bits per heavy atom. The van der Waals surface area contributed by atoms with Crippen LogP contribution in [0.1, 0.15) is 59.3 Å². The van der Waals surface area contributed by atoms with Crippen molar-refractivity contribution in [3.8, 4) is 0 Å². The standard InChI is InChI=1S/C14H28N2O2/c1-11(17)9-14(2,3)10-15-13(18)16-12-7-5-4-6-8-12/h11-12,17H,4-10H2,1-3H3,(H2,15,16,18). The lowest BCUT2D eigenvalue weighted by Gasteiger charge is -2.28. The summed E-state index contributed by atoms with van der Waals surface area (Å²) in [5.41, 5.74) is -0.0714. The van der Waals surface area contributed by atoms with Crippen molar-refractivity contribution >= 4 is 6.03 Å². The SMILES string of the molecule is CC(O)CC(C)(C)CNC(=O)NC1CCCCC1. The first kappa shape index (κ1) is 15.3. The van der Waals surface area contributed by atoms with Gasteiger partial charge in [-0.2, -0.15) is 0 Å². The van der Waals surface area contributed by atoms with E-state index in [4.69, 9.17) is 0 Å². The van der Waals surface area contributed by atoms with Crippen LogP contribution in [0.3, 0.4) is 0 Å². The summed E-state index contributed by atoms with van der Waals surface area (Å²) in [6.07, 6.45) is 6.30. The molecule has 18 heavy (non-hydrogen) atoms. The number of aliphatic hydroxyl groups is 1. The molecule has 2 amide bonds. The topological polar surface area (TPSA) is 61.4 Å². The average Bonchev–Trinajstić information content (AvgIpc) is 2.26. The third-order valence-electron chi connectivity index (χ3n) is 3.52. The number of carbonyl (C=O) groups excluding carboxylic acids is 1. The number of nitrogens with one attached hydrogen (secondary N) is 2. The van der Waals surface area contributed by atoms with Crippen molar-refractivity contribution in [3.63, 3.8) is 0 Å². The van der Waals surface area contributed by atoms with Gasteiger partial charge in [0.1, 0.15) is 0 Å². The maximum absolute atomic E-state index is 11.8. The number of hydrogen-bond acceptors (Lipinski definition) is 2. The average molecular weight is 256 g/mol. The number of urea groups is 1. The Hall–Kier alpha value is -0.770. The van der Waals surface area contributed by atoms with Crippen molar-refractivity contribution in [1.82, 2.24) is 10.6 Å². The third kappa shape index (κ3) is 6.24. The largest absolute Gasteiger partial charge is 0.393 e. The van der Waals surface area contributed by atoms with Crippen LogP contribution >= 0.6 is 0 Å². The van der Waals surface area contributed by atoms with E-state index in [1.807, 2.05) is 0 Å². The highest BCUT2D eigenvalue weighted by Gasteiger charge is 2.22. The molecule has 0 bridgehead atoms. The molecule has 3 N–H and O–H groups in total. The van der Waals surface area contributed by atoms with E-state index in [1.54, 1.807) is 6.92 Å². The fraction of sp³-hybridized carbons (Fsp3) is 0.929. The van der Waals surface area contributed by atoms with E-state index < -0.39 is 0 Å². The van der Waals surface area contributed by atoms with Gasteiger partial charge < -0.3 is 15.7 Å². The first-order valence-corrected chi connectivity index (χ1v) is 7.11. The molecule has 0 radical (unpaired) electrons. The molecule has 1 fully saturated rings. The molecule has 1 saturated carbocycles. The Balaban J connectivity index is 2.23. The van der Waals surface area contributed by atoms with E-state index >= 15 is 0 Å². The molecule has 4 nitrogen and oxygen atoms in total. The van der Waals surface area contributed by atoms with E-state index in [2.05, 4.69) is 24.5 Å². The number of aliphatic hydroxyl groups excluding tert-OH is 1. The van der Waals surface area contributed by atoms with Gasteiger partial charge in [-0.1, -0.05) is 33.1 Å². The molecule has 106 valence electrons. The maximum atomic E-state index is 11.8. The highest BCUT2D eigenvalue weighted by atomic mass is 16.3. The quantitative estimate of drug-likeness (QED) is 0.707. The number of carbonyl (C=O) groups is 1. The third-order valence-corrected chi connectivity index (χ3v) is 3.52. The maximum Gasteiger partial charge on any atom is 0.315 e. The summed E-state index contributed by atoms with van der Waals surface area (Å²) in [6, 6.07) is 0.277. The number of amides is 2. The van der Waals surface area contributed by atoms with Gasteiger partial charge in [0.25, 0.3) is 0 Å². The normalized spacial score (nSPS) is 19.3. The van der Waals surface area contributed by atoms with Crippen molar-refractivity contribution < 1.29 is 9.90 Å². The molecule has 0 spiro atoms. The molecule has 1 atom stereocenters. The second-order valence-corrected chi connectivity index (χ2v) is 6.38. The zero-order chi connectivity index (χ0) is 13.6. The highest BCUT2D eigenvalue weighted by Crippen LogP contribution is 2.21. The lowest BCUT2D eigenvalue weighted by molar-refractivity contribution is 0.128. The van der Waals surface area contributed by atoms with Crippen molar-refractivity contribution in [3.05, 3.63) is 0 Å². The lowest BCUT2D eigenvalue weighted by Crippen LogP contribution is -2.46. The van der Waals surface area contributed by atoms with Crippen LogP contribution in [-0.4, -0.2) is 29.8 Å². The Bertz CT molecular complexity index is 259. The zero-order valence-corrected chi connectivity index (χ0v) is 12.0. The van der Waals surface area contributed by atoms with Gasteiger partial charge in [0.05, 0.1) is 6.10 Å². The molecular formula is C14H28N2O2. The van der Waals surface area contributed by atoms with Crippen LogP contribution in [0.4, 0.5) is 4.79 Å². The van der Waals surface area contributed by atoms with Gasteiger partial charge in [-0.25, -0.2) is 4.79 Å². The van der Waals surface area contributed by atoms with E-state index in [1.165, 1.54) is 19.3 Å². The number of hydrogen-bond donors (Lipinski definition) is 3. The smallest absolute Gasteiger partial charge is 0.315 e. The van der Waals surface area contributed by atoms with Gasteiger partial charge in [0.2, 0.25) is 0 Å². The van der Waals surface area contributed by atoms with Crippen LogP contribution in [0, 0.1) is 5.41 Å². The van der Waals surface area contributed by atoms with Crippen LogP contribution in [0.2, 0.25) is 0 Å². The molecule has 0 aromatic heterocycles. The highest BCUT2D eigenvalue weighted by molar-refractivity contribution is 5.74. The summed E-state index contributed by atoms with van der Waals surface area (Å²) in [6.45, 7) is 6.49. The van der Waals surface area contributed by atoms with Crippen LogP contribution in [0.5, 0.6) is 0 Å². The summed E-state index contributed by atoms with van der Waals surface area (Å²) in [7, 11) is 0. The van der Waals surface area contributed by atoms with Crippen LogP contribution in [0.15, 0.2) is 0 Å². The molecule has 1 rings (SSSR count). The zero-order valence-electron chi connectivity index (χ0n) is 12.0. The molecule has 1 aliphatic rings. The molecule has 0 aromatic carbocycles. The van der Waals surface area contributed by atoms with Gasteiger partial charge in [-0.3, -0.25) is 0 Å². The molecule has 0 aliphatic heterocycles. The Kier molecular flexibility index (Phi) is 5.93. The molecule has 0 heterocycles. The molecule has 0 aromatic rings. The summed E-state index contributed by atoms with van der Waals surface area (Å²) in [5.74, 6) is 0. The molecule has 1 unspecified atom stereocenters. The predicted molar refractivity (Wildman–Crippen MR) is 73.5 cm³/mol. The summed E-state index contributed by atoms with van der Waals surface area (Å²) in [4.78, 5) is 11.8. The summed E-state index contributed by atoms with van der Waals surface area (Å²) < 4.78 is 0. The molecule has 0 saturated heterocycles. The summed E-state index contributed by atoms with van der Waals surface area (Å²) >= 11 is 0. The van der Waals surface area contributed by atoms with Crippen LogP contribution < -0.4 is 10.6 Å². The van der Waals surface area contributed by atoms with E-state index in [9.17, 15) is 9.90 Å². The molecule has 1 aliphatic carbocycles. The fourth-order valence-electron chi connectivity index (χ4n) is 2.67. The second kappa shape index (κ2) is 6.98. The van der Waals surface area contributed by atoms with Gasteiger partial charge in [0.15, 0.2) is 0 Å². The first-order chi connectivity index (χ1) is 8.39. The van der Waals surface area contributed by atoms with Gasteiger partial charge >= 0.3 is 6.03 Å².